The van der Waals surface area contributed by atoms with E-state index in [-0.39, 0.29) is 11.5 Å². The first kappa shape index (κ1) is 38.9. The van der Waals surface area contributed by atoms with Crippen LogP contribution in [0.3, 0.4) is 0 Å². The van der Waals surface area contributed by atoms with E-state index in [4.69, 9.17) is 0 Å². The van der Waals surface area contributed by atoms with Crippen molar-refractivity contribution in [2.75, 3.05) is 18.6 Å². The number of hydrogen-bond acceptors (Lipinski definition) is 5. The summed E-state index contributed by atoms with van der Waals surface area (Å²) in [5, 5.41) is 18.1. The van der Waals surface area contributed by atoms with Crippen LogP contribution in [0.25, 0.3) is 0 Å². The number of carbonyl (C=O) groups excluding carboxylic acids is 2. The Morgan fingerprint density at radius 1 is 0.455 bits per heavy atom. The summed E-state index contributed by atoms with van der Waals surface area (Å²) in [7, 11) is 1.53. The van der Waals surface area contributed by atoms with Crippen molar-refractivity contribution in [1.82, 2.24) is 16.0 Å². The zero-order chi connectivity index (χ0) is 38.5. The third kappa shape index (κ3) is 8.80. The van der Waals surface area contributed by atoms with Crippen molar-refractivity contribution in [3.8, 4) is 0 Å². The molecule has 9 heteroatoms. The molecule has 0 aliphatic rings. The van der Waals surface area contributed by atoms with Crippen LogP contribution in [0.5, 0.6) is 0 Å². The first-order valence-electron chi connectivity index (χ1n) is 18.0. The number of nitrogens with one attached hydrogen (secondary N) is 3. The fraction of sp³-hybridized carbons (Fsp3) is 0.152. The van der Waals surface area contributed by atoms with Gasteiger partial charge in [-0.25, -0.2) is 4.79 Å². The van der Waals surface area contributed by atoms with Crippen LogP contribution in [-0.2, 0) is 19.1 Å². The Balaban J connectivity index is 1.34. The number of amides is 3. The highest BCUT2D eigenvalue weighted by molar-refractivity contribution is 8.01. The van der Waals surface area contributed by atoms with Gasteiger partial charge in [0.2, 0.25) is 11.8 Å². The molecule has 3 amide bonds. The van der Waals surface area contributed by atoms with Crippen LogP contribution in [0, 0.1) is 0 Å². The van der Waals surface area contributed by atoms with Gasteiger partial charge in [0.15, 0.2) is 0 Å². The topological polar surface area (TPSA) is 108 Å². The quantitative estimate of drug-likeness (QED) is 0.0739. The molecular formula is C46H43N3O4S2. The Kier molecular flexibility index (Phi) is 13.1. The second-order valence-electron chi connectivity index (χ2n) is 12.9. The van der Waals surface area contributed by atoms with Crippen molar-refractivity contribution < 1.29 is 19.5 Å². The maximum Gasteiger partial charge on any atom is 0.405 e. The Morgan fingerprint density at radius 2 is 0.709 bits per heavy atom. The summed E-state index contributed by atoms with van der Waals surface area (Å²) in [4.78, 5) is 40.2. The van der Waals surface area contributed by atoms with E-state index in [1.165, 1.54) is 30.6 Å². The molecule has 278 valence electrons. The molecule has 55 heavy (non-hydrogen) atoms. The van der Waals surface area contributed by atoms with Gasteiger partial charge in [-0.1, -0.05) is 182 Å². The lowest BCUT2D eigenvalue weighted by molar-refractivity contribution is -0.128. The van der Waals surface area contributed by atoms with Gasteiger partial charge in [-0.15, -0.1) is 23.5 Å². The molecule has 0 saturated carbocycles. The van der Waals surface area contributed by atoms with Crippen LogP contribution in [0.15, 0.2) is 182 Å². The summed E-state index contributed by atoms with van der Waals surface area (Å²) in [6.07, 6.45) is -1.34. The highest BCUT2D eigenvalue weighted by Gasteiger charge is 2.41. The highest BCUT2D eigenvalue weighted by Crippen LogP contribution is 2.50. The van der Waals surface area contributed by atoms with Crippen molar-refractivity contribution in [3.05, 3.63) is 215 Å². The Bertz CT molecular complexity index is 1930. The van der Waals surface area contributed by atoms with Crippen molar-refractivity contribution in [1.29, 1.82) is 0 Å². The molecule has 0 aromatic heterocycles. The third-order valence-corrected chi connectivity index (χ3v) is 12.8. The van der Waals surface area contributed by atoms with E-state index in [9.17, 15) is 19.5 Å². The molecule has 0 aliphatic heterocycles. The molecule has 4 N–H and O–H groups in total. The molecule has 0 bridgehead atoms. The summed E-state index contributed by atoms with van der Waals surface area (Å²) in [5.41, 5.74) is 5.97. The lowest BCUT2D eigenvalue weighted by Gasteiger charge is -2.37. The van der Waals surface area contributed by atoms with Crippen molar-refractivity contribution >= 4 is 41.4 Å². The number of carbonyl (C=O) groups is 3. The number of rotatable bonds is 16. The van der Waals surface area contributed by atoms with Crippen LogP contribution in [-0.4, -0.2) is 53.7 Å². The summed E-state index contributed by atoms with van der Waals surface area (Å²) >= 11 is 3.00. The van der Waals surface area contributed by atoms with Crippen molar-refractivity contribution in [2.24, 2.45) is 0 Å². The second-order valence-corrected chi connectivity index (χ2v) is 15.3. The minimum atomic E-state index is -1.34. The predicted molar refractivity (Wildman–Crippen MR) is 224 cm³/mol. The summed E-state index contributed by atoms with van der Waals surface area (Å²) in [6, 6.07) is 58.1. The molecule has 0 spiro atoms. The van der Waals surface area contributed by atoms with Gasteiger partial charge >= 0.3 is 6.09 Å². The summed E-state index contributed by atoms with van der Waals surface area (Å²) in [5.74, 6) is -0.749. The average Bonchev–Trinajstić information content (AvgIpc) is 3.25. The summed E-state index contributed by atoms with van der Waals surface area (Å²) in [6.45, 7) is 0. The van der Waals surface area contributed by atoms with Crippen LogP contribution in [0.2, 0.25) is 0 Å². The van der Waals surface area contributed by atoms with Gasteiger partial charge in [0.1, 0.15) is 12.1 Å². The van der Waals surface area contributed by atoms with Crippen molar-refractivity contribution in [2.45, 2.75) is 21.6 Å². The standard InChI is InChI=1S/C46H43N3O4S2/c1-47-42(50)40(32-54-45(34-20-8-2-9-21-34,35-22-10-3-11-23-35)36-24-12-4-13-25-36)48-43(51)41(49-44(52)53)33-55-46(37-26-14-5-15-27-37,38-28-16-6-17-29-38)39-30-18-7-19-31-39/h2-31,40-41,49H,32-33H2,1H3,(H,47,50)(H,48,51)(H,52,53). The van der Waals surface area contributed by atoms with E-state index in [0.29, 0.717) is 0 Å². The number of thioether (sulfide) groups is 2. The maximum absolute atomic E-state index is 14.3. The van der Waals surface area contributed by atoms with Gasteiger partial charge in [-0.3, -0.25) is 9.59 Å². The molecule has 7 nitrogen and oxygen atoms in total. The minimum Gasteiger partial charge on any atom is -0.465 e. The minimum absolute atomic E-state index is 0.0619. The van der Waals surface area contributed by atoms with E-state index in [1.54, 1.807) is 0 Å². The van der Waals surface area contributed by atoms with E-state index in [2.05, 4.69) is 52.3 Å². The number of hydrogen-bond donors (Lipinski definition) is 4. The predicted octanol–water partition coefficient (Wildman–Crippen LogP) is 8.30. The smallest absolute Gasteiger partial charge is 0.405 e. The molecule has 0 aliphatic carbocycles. The first-order chi connectivity index (χ1) is 26.9. The largest absolute Gasteiger partial charge is 0.465 e. The lowest BCUT2D eigenvalue weighted by atomic mass is 9.84. The van der Waals surface area contributed by atoms with Crippen LogP contribution in [0.1, 0.15) is 33.4 Å². The van der Waals surface area contributed by atoms with Gasteiger partial charge in [0.05, 0.1) is 9.49 Å². The first-order valence-corrected chi connectivity index (χ1v) is 20.0. The number of benzene rings is 6. The van der Waals surface area contributed by atoms with Gasteiger partial charge < -0.3 is 21.1 Å². The van der Waals surface area contributed by atoms with E-state index in [1.807, 2.05) is 146 Å². The van der Waals surface area contributed by atoms with Crippen LogP contribution >= 0.6 is 23.5 Å². The van der Waals surface area contributed by atoms with E-state index in [0.717, 1.165) is 33.4 Å². The Hall–Kier alpha value is -5.77. The second kappa shape index (κ2) is 18.5. The fourth-order valence-electron chi connectivity index (χ4n) is 6.92. The SMILES string of the molecule is CNC(=O)C(CSC(c1ccccc1)(c1ccccc1)c1ccccc1)NC(=O)C(CSC(c1ccccc1)(c1ccccc1)c1ccccc1)NC(=O)O. The highest BCUT2D eigenvalue weighted by atomic mass is 32.2. The Morgan fingerprint density at radius 3 is 0.945 bits per heavy atom. The van der Waals surface area contributed by atoms with E-state index < -0.39 is 39.5 Å². The van der Waals surface area contributed by atoms with Gasteiger partial charge in [-0.05, 0) is 33.4 Å². The Labute approximate surface area is 331 Å². The molecule has 2 unspecified atom stereocenters. The normalized spacial score (nSPS) is 12.5. The number of likely N-dealkylation sites (N-methyl/N-ethyl adjacent to an activating group) is 1. The zero-order valence-electron chi connectivity index (χ0n) is 30.4. The van der Waals surface area contributed by atoms with Gasteiger partial charge in [0, 0.05) is 18.6 Å². The number of carboxylic acid groups (broad SMARTS) is 1. The average molecular weight is 766 g/mol. The molecular weight excluding hydrogens is 723 g/mol. The molecule has 0 radical (unpaired) electrons. The molecule has 6 aromatic carbocycles. The monoisotopic (exact) mass is 765 g/mol. The molecule has 0 fully saturated rings. The molecule has 2 atom stereocenters. The van der Waals surface area contributed by atoms with Crippen molar-refractivity contribution in [3.63, 3.8) is 0 Å². The van der Waals surface area contributed by atoms with Gasteiger partial charge in [-0.2, -0.15) is 0 Å². The molecule has 0 saturated heterocycles. The maximum atomic E-state index is 14.3. The molecule has 6 rings (SSSR count). The summed E-state index contributed by atoms with van der Waals surface area (Å²) < 4.78 is -1.53. The van der Waals surface area contributed by atoms with Crippen LogP contribution < -0.4 is 16.0 Å². The van der Waals surface area contributed by atoms with E-state index >= 15 is 0 Å². The van der Waals surface area contributed by atoms with Gasteiger partial charge in [0.25, 0.3) is 0 Å². The fourth-order valence-corrected chi connectivity index (χ4v) is 10.0. The molecule has 6 aromatic rings. The zero-order valence-corrected chi connectivity index (χ0v) is 32.0. The lowest BCUT2D eigenvalue weighted by Crippen LogP contribution is -2.55. The van der Waals surface area contributed by atoms with Crippen LogP contribution in [0.4, 0.5) is 4.79 Å². The molecule has 0 heterocycles. The third-order valence-electron chi connectivity index (χ3n) is 9.51.